The molecule has 2 aromatic rings. The molecule has 0 aliphatic rings. The summed E-state index contributed by atoms with van der Waals surface area (Å²) in [7, 11) is 0. The number of aryl methyl sites for hydroxylation is 1. The Bertz CT molecular complexity index is 583. The van der Waals surface area contributed by atoms with E-state index >= 15 is 0 Å². The van der Waals surface area contributed by atoms with E-state index in [-0.39, 0.29) is 17.9 Å². The molecule has 0 spiro atoms. The van der Waals surface area contributed by atoms with Gasteiger partial charge in [0.1, 0.15) is 6.54 Å². The summed E-state index contributed by atoms with van der Waals surface area (Å²) in [6.07, 6.45) is 3.18. The van der Waals surface area contributed by atoms with Gasteiger partial charge >= 0.3 is 0 Å². The molecule has 0 saturated heterocycles. The SMILES string of the molecule is Cc1nc(CNC(=O)Cn2ccc(=O)cc2)cs1. The standard InChI is InChI=1S/C12H13N3O2S/c1-9-14-10(8-18-9)6-13-12(17)7-15-4-2-11(16)3-5-15/h2-5,8H,6-7H2,1H3,(H,13,17). The van der Waals surface area contributed by atoms with Gasteiger partial charge in [-0.2, -0.15) is 0 Å². The molecular weight excluding hydrogens is 250 g/mol. The zero-order valence-corrected chi connectivity index (χ0v) is 10.7. The average molecular weight is 263 g/mol. The van der Waals surface area contributed by atoms with Gasteiger partial charge in [-0.3, -0.25) is 9.59 Å². The lowest BCUT2D eigenvalue weighted by molar-refractivity contribution is -0.121. The largest absolute Gasteiger partial charge is 0.349 e. The number of amides is 1. The lowest BCUT2D eigenvalue weighted by Gasteiger charge is -2.06. The Labute approximate surface area is 108 Å². The molecule has 0 aliphatic heterocycles. The van der Waals surface area contributed by atoms with E-state index in [1.807, 2.05) is 12.3 Å². The van der Waals surface area contributed by atoms with Crippen molar-refractivity contribution in [3.8, 4) is 0 Å². The van der Waals surface area contributed by atoms with Crippen molar-refractivity contribution in [3.63, 3.8) is 0 Å². The van der Waals surface area contributed by atoms with Crippen LogP contribution in [0.2, 0.25) is 0 Å². The van der Waals surface area contributed by atoms with Crippen LogP contribution in [-0.4, -0.2) is 15.5 Å². The molecule has 6 heteroatoms. The lowest BCUT2D eigenvalue weighted by atomic mass is 10.4. The number of carbonyl (C=O) groups is 1. The molecule has 94 valence electrons. The fourth-order valence-electron chi connectivity index (χ4n) is 1.45. The third-order valence-electron chi connectivity index (χ3n) is 2.32. The van der Waals surface area contributed by atoms with E-state index in [9.17, 15) is 9.59 Å². The molecule has 1 amide bonds. The molecule has 0 aliphatic carbocycles. The zero-order chi connectivity index (χ0) is 13.0. The van der Waals surface area contributed by atoms with Gasteiger partial charge in [0.05, 0.1) is 17.2 Å². The molecule has 0 aromatic carbocycles. The molecule has 0 bridgehead atoms. The maximum absolute atomic E-state index is 11.6. The van der Waals surface area contributed by atoms with Gasteiger partial charge in [-0.05, 0) is 6.92 Å². The van der Waals surface area contributed by atoms with Crippen molar-refractivity contribution in [1.29, 1.82) is 0 Å². The number of rotatable bonds is 4. The molecule has 2 rings (SSSR count). The van der Waals surface area contributed by atoms with Gasteiger partial charge in [0, 0.05) is 29.9 Å². The smallest absolute Gasteiger partial charge is 0.240 e. The fourth-order valence-corrected chi connectivity index (χ4v) is 2.06. The van der Waals surface area contributed by atoms with Crippen LogP contribution in [0, 0.1) is 6.92 Å². The highest BCUT2D eigenvalue weighted by molar-refractivity contribution is 7.09. The molecule has 1 N–H and O–H groups in total. The van der Waals surface area contributed by atoms with E-state index in [2.05, 4.69) is 10.3 Å². The van der Waals surface area contributed by atoms with Gasteiger partial charge < -0.3 is 9.88 Å². The number of hydrogen-bond donors (Lipinski definition) is 1. The van der Waals surface area contributed by atoms with E-state index in [1.54, 1.807) is 28.3 Å². The Morgan fingerprint density at radius 3 is 2.78 bits per heavy atom. The van der Waals surface area contributed by atoms with Crippen molar-refractivity contribution < 1.29 is 4.79 Å². The van der Waals surface area contributed by atoms with Gasteiger partial charge in [-0.25, -0.2) is 4.98 Å². The number of nitrogens with one attached hydrogen (secondary N) is 1. The van der Waals surface area contributed by atoms with Gasteiger partial charge in [-0.15, -0.1) is 11.3 Å². The van der Waals surface area contributed by atoms with Crippen LogP contribution < -0.4 is 10.7 Å². The Morgan fingerprint density at radius 1 is 1.44 bits per heavy atom. The van der Waals surface area contributed by atoms with Crippen molar-refractivity contribution in [2.45, 2.75) is 20.0 Å². The Morgan fingerprint density at radius 2 is 2.17 bits per heavy atom. The second kappa shape index (κ2) is 5.59. The van der Waals surface area contributed by atoms with E-state index in [0.29, 0.717) is 6.54 Å². The molecule has 0 radical (unpaired) electrons. The zero-order valence-electron chi connectivity index (χ0n) is 9.92. The Balaban J connectivity index is 1.85. The maximum atomic E-state index is 11.6. The number of pyridine rings is 1. The minimum atomic E-state index is -0.107. The van der Waals surface area contributed by atoms with Gasteiger partial charge in [0.25, 0.3) is 0 Å². The van der Waals surface area contributed by atoms with Gasteiger partial charge in [0.15, 0.2) is 5.43 Å². The molecule has 18 heavy (non-hydrogen) atoms. The summed E-state index contributed by atoms with van der Waals surface area (Å²) in [5.41, 5.74) is 0.801. The van der Waals surface area contributed by atoms with Crippen LogP contribution in [0.4, 0.5) is 0 Å². The molecule has 0 saturated carbocycles. The predicted octanol–water partition coefficient (Wildman–Crippen LogP) is 0.930. The Kier molecular flexibility index (Phi) is 3.88. The van der Waals surface area contributed by atoms with Gasteiger partial charge in [-0.1, -0.05) is 0 Å². The summed E-state index contributed by atoms with van der Waals surface area (Å²) in [4.78, 5) is 26.8. The van der Waals surface area contributed by atoms with Crippen molar-refractivity contribution >= 4 is 17.2 Å². The van der Waals surface area contributed by atoms with Crippen LogP contribution in [0.1, 0.15) is 10.7 Å². The minimum Gasteiger partial charge on any atom is -0.349 e. The highest BCUT2D eigenvalue weighted by atomic mass is 32.1. The number of aromatic nitrogens is 2. The summed E-state index contributed by atoms with van der Waals surface area (Å²) >= 11 is 1.56. The molecule has 0 atom stereocenters. The van der Waals surface area contributed by atoms with Crippen LogP contribution in [-0.2, 0) is 17.9 Å². The first-order valence-corrected chi connectivity index (χ1v) is 6.35. The summed E-state index contributed by atoms with van der Waals surface area (Å²) in [5.74, 6) is -0.107. The molecule has 0 fully saturated rings. The second-order valence-electron chi connectivity index (χ2n) is 3.84. The first-order valence-electron chi connectivity index (χ1n) is 5.47. The van der Waals surface area contributed by atoms with Crippen LogP contribution >= 0.6 is 11.3 Å². The Hall–Kier alpha value is -1.95. The van der Waals surface area contributed by atoms with E-state index in [4.69, 9.17) is 0 Å². The predicted molar refractivity (Wildman–Crippen MR) is 69.4 cm³/mol. The normalized spacial score (nSPS) is 10.3. The van der Waals surface area contributed by atoms with Crippen LogP contribution in [0.5, 0.6) is 0 Å². The van der Waals surface area contributed by atoms with Crippen LogP contribution in [0.3, 0.4) is 0 Å². The highest BCUT2D eigenvalue weighted by Crippen LogP contribution is 2.07. The molecular formula is C12H13N3O2S. The monoisotopic (exact) mass is 263 g/mol. The minimum absolute atomic E-state index is 0.0652. The summed E-state index contributed by atoms with van der Waals surface area (Å²) < 4.78 is 1.66. The second-order valence-corrected chi connectivity index (χ2v) is 4.90. The summed E-state index contributed by atoms with van der Waals surface area (Å²) in [6.45, 7) is 2.56. The van der Waals surface area contributed by atoms with Crippen LogP contribution in [0.15, 0.2) is 34.7 Å². The van der Waals surface area contributed by atoms with Crippen molar-refractivity contribution in [2.24, 2.45) is 0 Å². The average Bonchev–Trinajstić information content (AvgIpc) is 2.76. The third-order valence-corrected chi connectivity index (χ3v) is 3.14. The quantitative estimate of drug-likeness (QED) is 0.892. The number of nitrogens with zero attached hydrogens (tertiary/aromatic N) is 2. The van der Waals surface area contributed by atoms with Crippen molar-refractivity contribution in [1.82, 2.24) is 14.9 Å². The first kappa shape index (κ1) is 12.5. The van der Waals surface area contributed by atoms with E-state index < -0.39 is 0 Å². The number of carbonyl (C=O) groups excluding carboxylic acids is 1. The first-order chi connectivity index (χ1) is 8.63. The topological polar surface area (TPSA) is 64.0 Å². The third kappa shape index (κ3) is 3.53. The molecule has 2 aromatic heterocycles. The fraction of sp³-hybridized carbons (Fsp3) is 0.250. The highest BCUT2D eigenvalue weighted by Gasteiger charge is 2.03. The van der Waals surface area contributed by atoms with Crippen molar-refractivity contribution in [3.05, 3.63) is 50.8 Å². The molecule has 5 nitrogen and oxygen atoms in total. The van der Waals surface area contributed by atoms with Crippen LogP contribution in [0.25, 0.3) is 0 Å². The summed E-state index contributed by atoms with van der Waals surface area (Å²) in [6, 6.07) is 2.86. The van der Waals surface area contributed by atoms with Gasteiger partial charge in [0.2, 0.25) is 5.91 Å². The lowest BCUT2D eigenvalue weighted by Crippen LogP contribution is -2.27. The number of hydrogen-bond acceptors (Lipinski definition) is 4. The van der Waals surface area contributed by atoms with E-state index in [0.717, 1.165) is 10.7 Å². The molecule has 0 unspecified atom stereocenters. The maximum Gasteiger partial charge on any atom is 0.240 e. The van der Waals surface area contributed by atoms with Crippen molar-refractivity contribution in [2.75, 3.05) is 0 Å². The summed E-state index contributed by atoms with van der Waals surface area (Å²) in [5, 5.41) is 5.69. The molecule has 2 heterocycles. The number of thiazole rings is 1. The van der Waals surface area contributed by atoms with E-state index in [1.165, 1.54) is 12.1 Å².